The maximum Gasteiger partial charge on any atom is 0.174 e. The number of nitrogens with zero attached hydrogens (tertiary/aromatic N) is 2. The Morgan fingerprint density at radius 1 is 1.35 bits per heavy atom. The number of aromatic nitrogens is 3. The Kier molecular flexibility index (Phi) is 3.10. The molecule has 0 spiro atoms. The van der Waals surface area contributed by atoms with E-state index in [1.165, 1.54) is 8.96 Å². The number of rotatable bonds is 2. The number of H-pyrrole nitrogens is 1. The molecule has 2 aromatic heterocycles. The molecule has 0 atom stereocenters. The molecule has 0 aliphatic rings. The van der Waals surface area contributed by atoms with Gasteiger partial charge in [0.1, 0.15) is 5.01 Å². The summed E-state index contributed by atoms with van der Waals surface area (Å²) in [6, 6.07) is 6.34. The average molecular weight is 373 g/mol. The van der Waals surface area contributed by atoms with Crippen molar-refractivity contribution in [3.8, 4) is 10.6 Å². The molecule has 0 saturated heterocycles. The number of hydrogen-bond donors (Lipinski definition) is 1. The van der Waals surface area contributed by atoms with E-state index >= 15 is 0 Å². The van der Waals surface area contributed by atoms with Crippen molar-refractivity contribution in [2.75, 3.05) is 6.26 Å². The smallest absolute Gasteiger partial charge is 0.174 e. The highest BCUT2D eigenvalue weighted by Gasteiger charge is 2.08. The predicted molar refractivity (Wildman–Crippen MR) is 81.7 cm³/mol. The topological polar surface area (TPSA) is 41.6 Å². The second-order valence-corrected chi connectivity index (χ2v) is 6.67. The number of nitrogens with one attached hydrogen (secondary N) is 1. The Bertz CT molecular complexity index is 674. The minimum atomic E-state index is 0.980. The van der Waals surface area contributed by atoms with E-state index in [1.807, 2.05) is 12.5 Å². The van der Waals surface area contributed by atoms with Crippen molar-refractivity contribution >= 4 is 56.6 Å². The molecule has 0 aliphatic carbocycles. The van der Waals surface area contributed by atoms with Crippen LogP contribution in [-0.4, -0.2) is 21.4 Å². The Morgan fingerprint density at radius 2 is 2.24 bits per heavy atom. The van der Waals surface area contributed by atoms with Crippen LogP contribution in [0.4, 0.5) is 0 Å². The van der Waals surface area contributed by atoms with Crippen molar-refractivity contribution in [1.82, 2.24) is 15.2 Å². The molecule has 3 aromatic rings. The van der Waals surface area contributed by atoms with Crippen LogP contribution in [0.2, 0.25) is 0 Å². The SMILES string of the molecule is CSc1nnc(-c2ccc3[nH]cc(I)c3c2)s1. The second-order valence-electron chi connectivity index (χ2n) is 3.47. The molecule has 6 heteroatoms. The molecule has 0 saturated carbocycles. The minimum Gasteiger partial charge on any atom is -0.360 e. The van der Waals surface area contributed by atoms with Crippen LogP contribution in [0.1, 0.15) is 0 Å². The van der Waals surface area contributed by atoms with Crippen molar-refractivity contribution in [2.24, 2.45) is 0 Å². The highest BCUT2D eigenvalue weighted by atomic mass is 127. The molecular weight excluding hydrogens is 365 g/mol. The predicted octanol–water partition coefficient (Wildman–Crippen LogP) is 4.01. The number of halogens is 1. The van der Waals surface area contributed by atoms with Gasteiger partial charge in [-0.1, -0.05) is 23.1 Å². The van der Waals surface area contributed by atoms with Crippen LogP contribution < -0.4 is 0 Å². The Morgan fingerprint density at radius 3 is 3.00 bits per heavy atom. The summed E-state index contributed by atoms with van der Waals surface area (Å²) in [5, 5.41) is 10.6. The van der Waals surface area contributed by atoms with E-state index in [0.29, 0.717) is 0 Å². The van der Waals surface area contributed by atoms with Crippen LogP contribution in [-0.2, 0) is 0 Å². The third-order valence-electron chi connectivity index (χ3n) is 2.46. The Hall–Kier alpha value is -0.600. The molecule has 0 amide bonds. The van der Waals surface area contributed by atoms with E-state index in [2.05, 4.69) is 56.0 Å². The van der Waals surface area contributed by atoms with E-state index in [-0.39, 0.29) is 0 Å². The maximum absolute atomic E-state index is 4.21. The summed E-state index contributed by atoms with van der Waals surface area (Å²) in [5.41, 5.74) is 2.29. The highest BCUT2D eigenvalue weighted by molar-refractivity contribution is 14.1. The fourth-order valence-corrected chi connectivity index (χ4v) is 3.50. The van der Waals surface area contributed by atoms with Gasteiger partial charge >= 0.3 is 0 Å². The van der Waals surface area contributed by atoms with Crippen LogP contribution >= 0.6 is 45.7 Å². The van der Waals surface area contributed by atoms with E-state index in [9.17, 15) is 0 Å². The number of benzene rings is 1. The summed E-state index contributed by atoms with van der Waals surface area (Å²) >= 11 is 5.60. The quantitative estimate of drug-likeness (QED) is 0.545. The zero-order valence-electron chi connectivity index (χ0n) is 8.90. The zero-order chi connectivity index (χ0) is 11.8. The van der Waals surface area contributed by atoms with Gasteiger partial charge in [0.05, 0.1) is 0 Å². The second kappa shape index (κ2) is 4.58. The first-order valence-corrected chi connectivity index (χ1v) is 8.04. The lowest BCUT2D eigenvalue weighted by Gasteiger charge is -1.96. The van der Waals surface area contributed by atoms with Crippen molar-refractivity contribution in [1.29, 1.82) is 0 Å². The van der Waals surface area contributed by atoms with E-state index in [0.717, 1.165) is 20.4 Å². The molecule has 0 fully saturated rings. The zero-order valence-corrected chi connectivity index (χ0v) is 12.7. The van der Waals surface area contributed by atoms with Gasteiger partial charge in [0, 0.05) is 26.2 Å². The van der Waals surface area contributed by atoms with Gasteiger partial charge in [0.25, 0.3) is 0 Å². The monoisotopic (exact) mass is 373 g/mol. The van der Waals surface area contributed by atoms with Gasteiger partial charge in [-0.15, -0.1) is 10.2 Å². The summed E-state index contributed by atoms with van der Waals surface area (Å²) in [6.07, 6.45) is 4.03. The molecule has 3 nitrogen and oxygen atoms in total. The largest absolute Gasteiger partial charge is 0.360 e. The number of thioether (sulfide) groups is 1. The van der Waals surface area contributed by atoms with Crippen LogP contribution in [0.15, 0.2) is 28.7 Å². The molecule has 2 heterocycles. The first-order valence-electron chi connectivity index (χ1n) is 4.92. The third-order valence-corrected chi connectivity index (χ3v) is 5.30. The highest BCUT2D eigenvalue weighted by Crippen LogP contribution is 2.31. The van der Waals surface area contributed by atoms with Gasteiger partial charge in [0.2, 0.25) is 0 Å². The molecule has 86 valence electrons. The molecule has 1 aromatic carbocycles. The van der Waals surface area contributed by atoms with Gasteiger partial charge in [-0.05, 0) is 47.0 Å². The van der Waals surface area contributed by atoms with Crippen LogP contribution in [0.25, 0.3) is 21.5 Å². The molecule has 0 bridgehead atoms. The summed E-state index contributed by atoms with van der Waals surface area (Å²) in [6.45, 7) is 0. The molecule has 17 heavy (non-hydrogen) atoms. The lowest BCUT2D eigenvalue weighted by Crippen LogP contribution is -1.77. The molecule has 0 unspecified atom stereocenters. The van der Waals surface area contributed by atoms with E-state index in [1.54, 1.807) is 23.1 Å². The standard InChI is InChI=1S/C11H8IN3S2/c1-16-11-15-14-10(17-11)6-2-3-9-7(4-6)8(12)5-13-9/h2-5,13H,1H3. The van der Waals surface area contributed by atoms with Crippen LogP contribution in [0.5, 0.6) is 0 Å². The fraction of sp³-hybridized carbons (Fsp3) is 0.0909. The first kappa shape index (κ1) is 11.5. The summed E-state index contributed by atoms with van der Waals surface area (Å²) in [7, 11) is 0. The lowest BCUT2D eigenvalue weighted by atomic mass is 10.2. The Labute approximate surface area is 120 Å². The normalized spacial score (nSPS) is 11.2. The number of hydrogen-bond acceptors (Lipinski definition) is 4. The van der Waals surface area contributed by atoms with Gasteiger partial charge < -0.3 is 4.98 Å². The van der Waals surface area contributed by atoms with Crippen LogP contribution in [0.3, 0.4) is 0 Å². The maximum atomic E-state index is 4.21. The van der Waals surface area contributed by atoms with Crippen molar-refractivity contribution in [3.63, 3.8) is 0 Å². The fourth-order valence-electron chi connectivity index (χ4n) is 1.63. The van der Waals surface area contributed by atoms with Crippen molar-refractivity contribution in [2.45, 2.75) is 4.34 Å². The van der Waals surface area contributed by atoms with Crippen molar-refractivity contribution in [3.05, 3.63) is 28.0 Å². The molecule has 3 rings (SSSR count). The average Bonchev–Trinajstić information content (AvgIpc) is 2.96. The molecule has 1 N–H and O–H groups in total. The molecule has 0 radical (unpaired) electrons. The van der Waals surface area contributed by atoms with Crippen molar-refractivity contribution < 1.29 is 0 Å². The summed E-state index contributed by atoms with van der Waals surface area (Å²) < 4.78 is 2.23. The molecule has 0 aliphatic heterocycles. The summed E-state index contributed by atoms with van der Waals surface area (Å²) in [4.78, 5) is 3.24. The summed E-state index contributed by atoms with van der Waals surface area (Å²) in [5.74, 6) is 0. The number of fused-ring (bicyclic) bond motifs is 1. The van der Waals surface area contributed by atoms with E-state index in [4.69, 9.17) is 0 Å². The third kappa shape index (κ3) is 2.09. The van der Waals surface area contributed by atoms with Gasteiger partial charge in [-0.25, -0.2) is 0 Å². The van der Waals surface area contributed by atoms with Gasteiger partial charge in [-0.3, -0.25) is 0 Å². The van der Waals surface area contributed by atoms with Gasteiger partial charge in [-0.2, -0.15) is 0 Å². The number of aromatic amines is 1. The van der Waals surface area contributed by atoms with E-state index < -0.39 is 0 Å². The van der Waals surface area contributed by atoms with Gasteiger partial charge in [0.15, 0.2) is 4.34 Å². The lowest BCUT2D eigenvalue weighted by molar-refractivity contribution is 1.02. The minimum absolute atomic E-state index is 0.980. The Balaban J connectivity index is 2.13. The van der Waals surface area contributed by atoms with Crippen LogP contribution in [0, 0.1) is 3.57 Å². The first-order chi connectivity index (χ1) is 8.28. The molecular formula is C11H8IN3S2.